The van der Waals surface area contributed by atoms with Crippen LogP contribution in [0.2, 0.25) is 0 Å². The Morgan fingerprint density at radius 3 is 2.36 bits per heavy atom. The molecule has 1 aliphatic heterocycles. The molecule has 1 aliphatic rings. The van der Waals surface area contributed by atoms with Crippen LogP contribution in [0.3, 0.4) is 0 Å². The number of carbonyl (C=O) groups is 1. The minimum absolute atomic E-state index is 0. The number of likely N-dealkylation sites (tertiary alicyclic amines) is 1. The van der Waals surface area contributed by atoms with Gasteiger partial charge in [-0.05, 0) is 31.1 Å². The minimum atomic E-state index is 0. The zero-order chi connectivity index (χ0) is 17.8. The first kappa shape index (κ1) is 24.5. The number of unbranched alkanes of at least 4 members (excludes halogenated alkanes) is 3. The number of nitrogens with zero attached hydrogens (tertiary/aromatic N) is 2. The Kier molecular flexibility index (Phi) is 14.3. The number of hydrogen-bond donors (Lipinski definition) is 2. The predicted octanol–water partition coefficient (Wildman–Crippen LogP) is 3.63. The van der Waals surface area contributed by atoms with Gasteiger partial charge in [-0.3, -0.25) is 9.79 Å². The molecule has 2 N–H and O–H groups in total. The van der Waals surface area contributed by atoms with Crippen LogP contribution in [-0.2, 0) is 4.79 Å². The minimum Gasteiger partial charge on any atom is -0.359 e. The Morgan fingerprint density at radius 2 is 1.80 bits per heavy atom. The van der Waals surface area contributed by atoms with Gasteiger partial charge in [-0.25, -0.2) is 0 Å². The van der Waals surface area contributed by atoms with Gasteiger partial charge in [-0.15, -0.1) is 24.0 Å². The molecule has 6 heteroatoms. The van der Waals surface area contributed by atoms with Crippen molar-refractivity contribution >= 4 is 35.8 Å². The van der Waals surface area contributed by atoms with E-state index in [1.165, 1.54) is 32.1 Å². The van der Waals surface area contributed by atoms with Crippen molar-refractivity contribution in [3.05, 3.63) is 0 Å². The van der Waals surface area contributed by atoms with Crippen LogP contribution >= 0.6 is 24.0 Å². The summed E-state index contributed by atoms with van der Waals surface area (Å²) in [5.41, 5.74) is 0. The SMILES string of the molecule is CN=C(NCCCCCCC(C)C)N1CCC(CC(=O)NC)CC1.I. The highest BCUT2D eigenvalue weighted by Crippen LogP contribution is 2.20. The van der Waals surface area contributed by atoms with Gasteiger partial charge in [-0.1, -0.05) is 39.5 Å². The lowest BCUT2D eigenvalue weighted by Gasteiger charge is -2.34. The number of amides is 1. The van der Waals surface area contributed by atoms with E-state index < -0.39 is 0 Å². The summed E-state index contributed by atoms with van der Waals surface area (Å²) >= 11 is 0. The summed E-state index contributed by atoms with van der Waals surface area (Å²) in [4.78, 5) is 18.2. The second-order valence-corrected chi connectivity index (χ2v) is 7.38. The second-order valence-electron chi connectivity index (χ2n) is 7.38. The maximum absolute atomic E-state index is 11.5. The maximum Gasteiger partial charge on any atom is 0.220 e. The third-order valence-corrected chi connectivity index (χ3v) is 4.87. The lowest BCUT2D eigenvalue weighted by molar-refractivity contribution is -0.121. The van der Waals surface area contributed by atoms with E-state index in [4.69, 9.17) is 0 Å². The highest BCUT2D eigenvalue weighted by atomic mass is 127. The molecule has 0 saturated carbocycles. The summed E-state index contributed by atoms with van der Waals surface area (Å²) in [6.45, 7) is 7.59. The molecule has 1 rings (SSSR count). The summed E-state index contributed by atoms with van der Waals surface area (Å²) in [6.07, 6.45) is 9.35. The molecule has 1 heterocycles. The molecule has 0 unspecified atom stereocenters. The quantitative estimate of drug-likeness (QED) is 0.236. The lowest BCUT2D eigenvalue weighted by Crippen LogP contribution is -2.46. The normalized spacial score (nSPS) is 15.9. The monoisotopic (exact) mass is 466 g/mol. The van der Waals surface area contributed by atoms with Gasteiger partial charge in [0.1, 0.15) is 0 Å². The Balaban J connectivity index is 0.00000576. The molecule has 0 aromatic rings. The number of piperidine rings is 1. The Bertz CT molecular complexity index is 380. The standard InChI is InChI=1S/C19H38N4O.HI/c1-16(2)9-7-5-6-8-12-22-19(21-4)23-13-10-17(11-14-23)15-18(24)20-3;/h16-17H,5-15H2,1-4H3,(H,20,24)(H,21,22);1H. The van der Waals surface area contributed by atoms with Crippen LogP contribution in [0.15, 0.2) is 4.99 Å². The smallest absolute Gasteiger partial charge is 0.220 e. The van der Waals surface area contributed by atoms with Crippen LogP contribution < -0.4 is 10.6 Å². The molecule has 1 saturated heterocycles. The summed E-state index contributed by atoms with van der Waals surface area (Å²) in [5, 5.41) is 6.23. The second kappa shape index (κ2) is 14.6. The van der Waals surface area contributed by atoms with Crippen LogP contribution in [-0.4, -0.2) is 50.5 Å². The number of hydrogen-bond acceptors (Lipinski definition) is 2. The molecule has 0 bridgehead atoms. The number of nitrogens with one attached hydrogen (secondary N) is 2. The van der Waals surface area contributed by atoms with Crippen molar-refractivity contribution in [1.82, 2.24) is 15.5 Å². The van der Waals surface area contributed by atoms with Gasteiger partial charge in [0.25, 0.3) is 0 Å². The summed E-state index contributed by atoms with van der Waals surface area (Å²) < 4.78 is 0. The number of guanidine groups is 1. The summed E-state index contributed by atoms with van der Waals surface area (Å²) in [7, 11) is 3.58. The molecular formula is C19H39IN4O. The van der Waals surface area contributed by atoms with Crippen LogP contribution in [0.5, 0.6) is 0 Å². The molecule has 0 aromatic carbocycles. The van der Waals surface area contributed by atoms with Gasteiger partial charge < -0.3 is 15.5 Å². The van der Waals surface area contributed by atoms with E-state index in [1.54, 1.807) is 7.05 Å². The van der Waals surface area contributed by atoms with Crippen molar-refractivity contribution in [2.75, 3.05) is 33.7 Å². The first-order valence-corrected chi connectivity index (χ1v) is 9.73. The first-order valence-electron chi connectivity index (χ1n) is 9.73. The molecule has 0 aromatic heterocycles. The third-order valence-electron chi connectivity index (χ3n) is 4.87. The highest BCUT2D eigenvalue weighted by molar-refractivity contribution is 14.0. The van der Waals surface area contributed by atoms with Gasteiger partial charge in [0.2, 0.25) is 5.91 Å². The van der Waals surface area contributed by atoms with E-state index in [0.717, 1.165) is 44.4 Å². The van der Waals surface area contributed by atoms with Crippen molar-refractivity contribution in [3.8, 4) is 0 Å². The van der Waals surface area contributed by atoms with Gasteiger partial charge in [0, 0.05) is 40.2 Å². The van der Waals surface area contributed by atoms with Crippen molar-refractivity contribution in [2.45, 2.75) is 65.2 Å². The molecule has 1 fully saturated rings. The number of rotatable bonds is 9. The lowest BCUT2D eigenvalue weighted by atomic mass is 9.93. The third kappa shape index (κ3) is 10.9. The topological polar surface area (TPSA) is 56.7 Å². The van der Waals surface area contributed by atoms with E-state index in [1.807, 2.05) is 7.05 Å². The molecule has 5 nitrogen and oxygen atoms in total. The Morgan fingerprint density at radius 1 is 1.16 bits per heavy atom. The molecule has 0 aliphatic carbocycles. The first-order chi connectivity index (χ1) is 11.6. The van der Waals surface area contributed by atoms with E-state index >= 15 is 0 Å². The summed E-state index contributed by atoms with van der Waals surface area (Å²) in [6, 6.07) is 0. The van der Waals surface area contributed by atoms with Gasteiger partial charge in [0.15, 0.2) is 5.96 Å². The van der Waals surface area contributed by atoms with Gasteiger partial charge in [-0.2, -0.15) is 0 Å². The number of halogens is 1. The van der Waals surface area contributed by atoms with E-state index in [9.17, 15) is 4.79 Å². The van der Waals surface area contributed by atoms with Crippen molar-refractivity contribution in [1.29, 1.82) is 0 Å². The average Bonchev–Trinajstić information content (AvgIpc) is 2.58. The molecule has 0 radical (unpaired) electrons. The Labute approximate surface area is 171 Å². The van der Waals surface area contributed by atoms with Crippen LogP contribution in [0, 0.1) is 11.8 Å². The molecule has 0 spiro atoms. The fourth-order valence-corrected chi connectivity index (χ4v) is 3.28. The fourth-order valence-electron chi connectivity index (χ4n) is 3.28. The fraction of sp³-hybridized carbons (Fsp3) is 0.895. The maximum atomic E-state index is 11.5. The largest absolute Gasteiger partial charge is 0.359 e. The number of aliphatic imine (C=N–C) groups is 1. The van der Waals surface area contributed by atoms with Crippen LogP contribution in [0.25, 0.3) is 0 Å². The zero-order valence-corrected chi connectivity index (χ0v) is 19.0. The Hall–Kier alpha value is -0.530. The highest BCUT2D eigenvalue weighted by Gasteiger charge is 2.22. The molecular weight excluding hydrogens is 427 g/mol. The van der Waals surface area contributed by atoms with Crippen molar-refractivity contribution in [3.63, 3.8) is 0 Å². The van der Waals surface area contributed by atoms with Gasteiger partial charge in [0.05, 0.1) is 0 Å². The van der Waals surface area contributed by atoms with E-state index in [2.05, 4.69) is 34.4 Å². The average molecular weight is 466 g/mol. The molecule has 25 heavy (non-hydrogen) atoms. The summed E-state index contributed by atoms with van der Waals surface area (Å²) in [5.74, 6) is 2.53. The van der Waals surface area contributed by atoms with Crippen molar-refractivity contribution < 1.29 is 4.79 Å². The van der Waals surface area contributed by atoms with E-state index in [0.29, 0.717) is 12.3 Å². The van der Waals surface area contributed by atoms with Crippen LogP contribution in [0.4, 0.5) is 0 Å². The predicted molar refractivity (Wildman–Crippen MR) is 118 cm³/mol. The van der Waals surface area contributed by atoms with E-state index in [-0.39, 0.29) is 29.9 Å². The molecule has 1 amide bonds. The van der Waals surface area contributed by atoms with Gasteiger partial charge >= 0.3 is 0 Å². The zero-order valence-electron chi connectivity index (χ0n) is 16.6. The number of carbonyl (C=O) groups excluding carboxylic acids is 1. The molecule has 0 atom stereocenters. The molecule has 148 valence electrons. The van der Waals surface area contributed by atoms with Crippen LogP contribution in [0.1, 0.15) is 65.2 Å². The van der Waals surface area contributed by atoms with Crippen molar-refractivity contribution in [2.24, 2.45) is 16.8 Å².